The van der Waals surface area contributed by atoms with Crippen molar-refractivity contribution in [1.82, 2.24) is 19.4 Å². The zero-order chi connectivity index (χ0) is 29.1. The van der Waals surface area contributed by atoms with Gasteiger partial charge in [-0.3, -0.25) is 9.80 Å². The van der Waals surface area contributed by atoms with Gasteiger partial charge < -0.3 is 18.8 Å². The van der Waals surface area contributed by atoms with E-state index in [2.05, 4.69) is 16.1 Å². The van der Waals surface area contributed by atoms with Crippen molar-refractivity contribution >= 4 is 29.1 Å². The van der Waals surface area contributed by atoms with Crippen molar-refractivity contribution < 1.29 is 19.0 Å². The Morgan fingerprint density at radius 2 is 1.90 bits per heavy atom. The van der Waals surface area contributed by atoms with Gasteiger partial charge in [-0.2, -0.15) is 0 Å². The zero-order valence-electron chi connectivity index (χ0n) is 24.1. The molecule has 1 aliphatic carbocycles. The maximum atomic E-state index is 13.7. The number of urea groups is 1. The molecule has 1 unspecified atom stereocenters. The molecule has 4 heterocycles. The first kappa shape index (κ1) is 28.7. The van der Waals surface area contributed by atoms with Crippen molar-refractivity contribution in [3.05, 3.63) is 65.5 Å². The highest BCUT2D eigenvalue weighted by molar-refractivity contribution is 6.30. The Labute approximate surface area is 252 Å². The maximum absolute atomic E-state index is 13.7. The topological polar surface area (TPSA) is 82.0 Å². The van der Waals surface area contributed by atoms with Gasteiger partial charge in [0.05, 0.1) is 12.3 Å². The number of hydrogen-bond donors (Lipinski definition) is 0. The van der Waals surface area contributed by atoms with Crippen LogP contribution >= 0.6 is 11.6 Å². The van der Waals surface area contributed by atoms with Crippen LogP contribution in [0.15, 0.2) is 49.2 Å². The molecular weight excluding hydrogens is 554 g/mol. The first-order valence-electron chi connectivity index (χ1n) is 15.0. The lowest BCUT2D eigenvalue weighted by atomic mass is 9.96. The lowest BCUT2D eigenvalue weighted by molar-refractivity contribution is -0.162. The van der Waals surface area contributed by atoms with Crippen molar-refractivity contribution in [3.8, 4) is 17.3 Å². The molecule has 2 amide bonds. The number of aromatic nitrogens is 3. The van der Waals surface area contributed by atoms with E-state index in [4.69, 9.17) is 30.8 Å². The van der Waals surface area contributed by atoms with E-state index in [0.717, 1.165) is 55.5 Å². The highest BCUT2D eigenvalue weighted by Gasteiger charge is 2.37. The number of amides is 2. The van der Waals surface area contributed by atoms with Crippen molar-refractivity contribution in [1.29, 1.82) is 0 Å². The number of carbonyl (C=O) groups is 1. The van der Waals surface area contributed by atoms with E-state index in [-0.39, 0.29) is 18.4 Å². The molecule has 0 radical (unpaired) electrons. The standard InChI is InChI=1S/C32H38ClN5O4/c1-3-36-31-29(22(2)37(32(36)39)17-7-19-41-28-10-4-5-18-40-28)38(21-23-11-14-25(33)15-12-23)30(35-31)24-13-16-27(34-20-24)42-26-8-6-9-26/h11-16,20,26,28H,2-10,17-19,21H2,1H3. The van der Waals surface area contributed by atoms with E-state index in [1.165, 1.54) is 6.42 Å². The molecular formula is C32H38ClN5O4. The van der Waals surface area contributed by atoms with Crippen LogP contribution in [0, 0.1) is 0 Å². The number of ether oxygens (including phenoxy) is 3. The van der Waals surface area contributed by atoms with Crippen molar-refractivity contribution in [2.24, 2.45) is 0 Å². The Morgan fingerprint density at radius 3 is 2.57 bits per heavy atom. The van der Waals surface area contributed by atoms with Crippen LogP contribution < -0.4 is 9.64 Å². The van der Waals surface area contributed by atoms with Crippen molar-refractivity contribution in [2.75, 3.05) is 31.2 Å². The molecule has 0 spiro atoms. The van der Waals surface area contributed by atoms with Gasteiger partial charge in [0, 0.05) is 49.1 Å². The molecule has 0 bridgehead atoms. The molecule has 1 atom stereocenters. The third-order valence-electron chi connectivity index (χ3n) is 8.14. The van der Waals surface area contributed by atoms with Crippen LogP contribution in [0.25, 0.3) is 17.1 Å². The molecule has 2 fully saturated rings. The van der Waals surface area contributed by atoms with Gasteiger partial charge in [-0.1, -0.05) is 30.3 Å². The normalized spacial score (nSPS) is 19.1. The lowest BCUT2D eigenvalue weighted by Crippen LogP contribution is -2.47. The number of benzene rings is 1. The second kappa shape index (κ2) is 12.9. The average Bonchev–Trinajstić information content (AvgIpc) is 3.35. The van der Waals surface area contributed by atoms with Gasteiger partial charge >= 0.3 is 6.03 Å². The van der Waals surface area contributed by atoms with Gasteiger partial charge in [-0.05, 0) is 75.6 Å². The van der Waals surface area contributed by atoms with Crippen LogP contribution in [0.3, 0.4) is 0 Å². The van der Waals surface area contributed by atoms with E-state index in [1.807, 2.05) is 43.3 Å². The van der Waals surface area contributed by atoms with Crippen molar-refractivity contribution in [3.63, 3.8) is 0 Å². The third kappa shape index (κ3) is 6.04. The fourth-order valence-electron chi connectivity index (χ4n) is 5.58. The van der Waals surface area contributed by atoms with E-state index in [9.17, 15) is 4.79 Å². The number of anilines is 1. The van der Waals surface area contributed by atoms with Crippen LogP contribution in [0.5, 0.6) is 5.88 Å². The van der Waals surface area contributed by atoms with E-state index >= 15 is 0 Å². The minimum Gasteiger partial charge on any atom is -0.474 e. The second-order valence-electron chi connectivity index (χ2n) is 11.0. The van der Waals surface area contributed by atoms with E-state index < -0.39 is 0 Å². The minimum atomic E-state index is -0.153. The molecule has 6 rings (SSSR count). The predicted molar refractivity (Wildman–Crippen MR) is 163 cm³/mol. The van der Waals surface area contributed by atoms with E-state index in [0.29, 0.717) is 60.9 Å². The summed E-state index contributed by atoms with van der Waals surface area (Å²) in [5.41, 5.74) is 3.33. The maximum Gasteiger partial charge on any atom is 0.330 e. The molecule has 2 aromatic heterocycles. The number of hydrogen-bond acceptors (Lipinski definition) is 6. The van der Waals surface area contributed by atoms with Gasteiger partial charge in [0.2, 0.25) is 5.88 Å². The number of pyridine rings is 1. The molecule has 222 valence electrons. The van der Waals surface area contributed by atoms with Gasteiger partial charge in [0.15, 0.2) is 12.1 Å². The zero-order valence-corrected chi connectivity index (χ0v) is 24.9. The monoisotopic (exact) mass is 591 g/mol. The smallest absolute Gasteiger partial charge is 0.330 e. The van der Waals surface area contributed by atoms with Crippen LogP contribution in [-0.2, 0) is 16.0 Å². The Bertz CT molecular complexity index is 1400. The molecule has 3 aliphatic rings. The Kier molecular flexibility index (Phi) is 8.79. The van der Waals surface area contributed by atoms with Crippen LogP contribution in [0.1, 0.15) is 63.1 Å². The fourth-order valence-corrected chi connectivity index (χ4v) is 5.70. The summed E-state index contributed by atoms with van der Waals surface area (Å²) in [6.07, 6.45) is 9.02. The Hall–Kier alpha value is -3.40. The number of rotatable bonds is 11. The number of halogens is 1. The van der Waals surface area contributed by atoms with Gasteiger partial charge in [-0.25, -0.2) is 14.8 Å². The van der Waals surface area contributed by atoms with Crippen molar-refractivity contribution in [2.45, 2.75) is 70.8 Å². The summed E-state index contributed by atoms with van der Waals surface area (Å²) in [5, 5.41) is 0.678. The van der Waals surface area contributed by atoms with Gasteiger partial charge in [-0.15, -0.1) is 0 Å². The number of nitrogens with zero attached hydrogens (tertiary/aromatic N) is 5. The summed E-state index contributed by atoms with van der Waals surface area (Å²) >= 11 is 6.19. The van der Waals surface area contributed by atoms with Crippen LogP contribution in [0.2, 0.25) is 5.02 Å². The first-order valence-corrected chi connectivity index (χ1v) is 15.4. The molecule has 0 N–H and O–H groups in total. The molecule has 9 nitrogen and oxygen atoms in total. The largest absolute Gasteiger partial charge is 0.474 e. The summed E-state index contributed by atoms with van der Waals surface area (Å²) in [5.74, 6) is 1.94. The number of fused-ring (bicyclic) bond motifs is 1. The summed E-state index contributed by atoms with van der Waals surface area (Å²) in [4.78, 5) is 26.8. The molecule has 2 aliphatic heterocycles. The summed E-state index contributed by atoms with van der Waals surface area (Å²) in [6.45, 7) is 9.11. The summed E-state index contributed by atoms with van der Waals surface area (Å²) in [6, 6.07) is 11.5. The van der Waals surface area contributed by atoms with Gasteiger partial charge in [0.1, 0.15) is 17.6 Å². The van der Waals surface area contributed by atoms with Crippen LogP contribution in [0.4, 0.5) is 10.6 Å². The molecule has 42 heavy (non-hydrogen) atoms. The molecule has 10 heteroatoms. The lowest BCUT2D eigenvalue weighted by Gasteiger charge is -2.36. The number of carbonyl (C=O) groups excluding carboxylic acids is 1. The van der Waals surface area contributed by atoms with Crippen LogP contribution in [-0.4, -0.2) is 64.2 Å². The first-order chi connectivity index (χ1) is 20.5. The summed E-state index contributed by atoms with van der Waals surface area (Å²) in [7, 11) is 0. The molecule has 1 aromatic carbocycles. The SMILES string of the molecule is C=C1c2c(nc(-c3ccc(OC4CCC4)nc3)n2Cc2ccc(Cl)cc2)N(CC)C(=O)N1CCCOC1CCCCO1. The fraction of sp³-hybridized carbons (Fsp3) is 0.469. The van der Waals surface area contributed by atoms with Gasteiger partial charge in [0.25, 0.3) is 0 Å². The minimum absolute atomic E-state index is 0.131. The van der Waals surface area contributed by atoms with E-state index in [1.54, 1.807) is 16.0 Å². The second-order valence-corrected chi connectivity index (χ2v) is 11.5. The quantitative estimate of drug-likeness (QED) is 0.230. The molecule has 3 aromatic rings. The predicted octanol–water partition coefficient (Wildman–Crippen LogP) is 6.74. The third-order valence-corrected chi connectivity index (χ3v) is 8.39. The Morgan fingerprint density at radius 1 is 1.07 bits per heavy atom. The Balaban J connectivity index is 1.29. The molecule has 1 saturated heterocycles. The average molecular weight is 592 g/mol. The highest BCUT2D eigenvalue weighted by Crippen LogP contribution is 2.39. The number of imidazole rings is 1. The highest BCUT2D eigenvalue weighted by atomic mass is 35.5. The summed E-state index contributed by atoms with van der Waals surface area (Å²) < 4.78 is 19.7. The molecule has 1 saturated carbocycles.